The summed E-state index contributed by atoms with van der Waals surface area (Å²) in [6, 6.07) is 15.7. The van der Waals surface area contributed by atoms with Gasteiger partial charge in [0.2, 0.25) is 0 Å². The van der Waals surface area contributed by atoms with Gasteiger partial charge in [-0.15, -0.1) is 0 Å². The number of rotatable bonds is 4. The summed E-state index contributed by atoms with van der Waals surface area (Å²) in [6.45, 7) is 3.73. The lowest BCUT2D eigenvalue weighted by Crippen LogP contribution is -1.99. The zero-order valence-electron chi connectivity index (χ0n) is 15.4. The molecule has 0 fully saturated rings. The smallest absolute Gasteiger partial charge is 0.156 e. The Morgan fingerprint density at radius 2 is 1.55 bits per heavy atom. The van der Waals surface area contributed by atoms with Crippen molar-refractivity contribution < 1.29 is 9.13 Å². The molecule has 144 valence electrons. The quantitative estimate of drug-likeness (QED) is 0.421. The van der Waals surface area contributed by atoms with Gasteiger partial charge in [-0.3, -0.25) is 0 Å². The van der Waals surface area contributed by atoms with Crippen LogP contribution in [-0.4, -0.2) is 0 Å². The average Bonchev–Trinajstić information content (AvgIpc) is 2.70. The molecule has 0 saturated heterocycles. The van der Waals surface area contributed by atoms with E-state index in [1.807, 2.05) is 38.1 Å². The van der Waals surface area contributed by atoms with Crippen molar-refractivity contribution in [1.29, 1.82) is 10.5 Å². The summed E-state index contributed by atoms with van der Waals surface area (Å²) < 4.78 is 21.0. The molecule has 3 nitrogen and oxygen atoms in total. The van der Waals surface area contributed by atoms with E-state index in [0.29, 0.717) is 15.7 Å². The van der Waals surface area contributed by atoms with Crippen LogP contribution < -0.4 is 4.74 Å². The molecule has 0 heterocycles. The van der Waals surface area contributed by atoms with Crippen molar-refractivity contribution in [3.8, 4) is 23.6 Å². The zero-order chi connectivity index (χ0) is 21.1. The third-order valence-electron chi connectivity index (χ3n) is 4.17. The number of aryl methyl sites for hydroxylation is 2. The standard InChI is InChI=1S/C22H13Cl2FN2OS/c1-12-5-3-6-13(2)22(12)28-17-9-19(21(25)15(11-27)14(17)10-26)29-18-8-4-7-16(23)20(18)24/h3-9H,1-2H3. The molecule has 0 N–H and O–H groups in total. The van der Waals surface area contributed by atoms with Crippen LogP contribution in [0, 0.1) is 42.3 Å². The molecule has 3 rings (SSSR count). The third-order valence-corrected chi connectivity index (χ3v) is 6.18. The summed E-state index contributed by atoms with van der Waals surface area (Å²) in [4.78, 5) is 0.621. The van der Waals surface area contributed by atoms with Gasteiger partial charge in [-0.05, 0) is 43.2 Å². The lowest BCUT2D eigenvalue weighted by atomic mass is 10.1. The largest absolute Gasteiger partial charge is 0.455 e. The second kappa shape index (κ2) is 8.76. The van der Waals surface area contributed by atoms with Crippen LogP contribution in [0.15, 0.2) is 52.3 Å². The van der Waals surface area contributed by atoms with Gasteiger partial charge in [0.15, 0.2) is 5.82 Å². The van der Waals surface area contributed by atoms with E-state index in [1.165, 1.54) is 6.07 Å². The molecule has 0 amide bonds. The number of benzene rings is 3. The number of nitriles is 2. The van der Waals surface area contributed by atoms with Gasteiger partial charge < -0.3 is 4.74 Å². The normalized spacial score (nSPS) is 10.3. The van der Waals surface area contributed by atoms with Crippen LogP contribution in [0.3, 0.4) is 0 Å². The van der Waals surface area contributed by atoms with E-state index in [2.05, 4.69) is 0 Å². The number of hydrogen-bond acceptors (Lipinski definition) is 4. The molecule has 0 unspecified atom stereocenters. The predicted molar refractivity (Wildman–Crippen MR) is 112 cm³/mol. The highest BCUT2D eigenvalue weighted by molar-refractivity contribution is 7.99. The molecule has 7 heteroatoms. The molecule has 0 aromatic heterocycles. The second-order valence-corrected chi connectivity index (χ2v) is 8.01. The van der Waals surface area contributed by atoms with Gasteiger partial charge in [0.05, 0.1) is 14.9 Å². The number of nitrogens with zero attached hydrogens (tertiary/aromatic N) is 2. The first-order valence-corrected chi connectivity index (χ1v) is 9.97. The second-order valence-electron chi connectivity index (χ2n) is 6.14. The fraction of sp³-hybridized carbons (Fsp3) is 0.0909. The molecule has 3 aromatic carbocycles. The summed E-state index contributed by atoms with van der Waals surface area (Å²) in [5.41, 5.74) is 1.17. The van der Waals surface area contributed by atoms with Crippen molar-refractivity contribution in [3.05, 3.63) is 80.6 Å². The van der Waals surface area contributed by atoms with Gasteiger partial charge in [0.1, 0.15) is 34.8 Å². The minimum atomic E-state index is -0.807. The Morgan fingerprint density at radius 1 is 0.931 bits per heavy atom. The number of ether oxygens (including phenoxy) is 1. The summed E-state index contributed by atoms with van der Waals surface area (Å²) in [7, 11) is 0. The number of para-hydroxylation sites is 1. The van der Waals surface area contributed by atoms with Crippen LogP contribution in [-0.2, 0) is 0 Å². The Labute approximate surface area is 182 Å². The van der Waals surface area contributed by atoms with Crippen LogP contribution in [0.4, 0.5) is 4.39 Å². The molecule has 0 aliphatic carbocycles. The van der Waals surface area contributed by atoms with E-state index < -0.39 is 5.82 Å². The van der Waals surface area contributed by atoms with Gasteiger partial charge in [0.25, 0.3) is 0 Å². The SMILES string of the molecule is Cc1cccc(C)c1Oc1cc(Sc2cccc(Cl)c2Cl)c(F)c(C#N)c1C#N. The van der Waals surface area contributed by atoms with Crippen molar-refractivity contribution in [2.24, 2.45) is 0 Å². The first-order valence-electron chi connectivity index (χ1n) is 8.40. The lowest BCUT2D eigenvalue weighted by molar-refractivity contribution is 0.468. The Bertz CT molecular complexity index is 1180. The Morgan fingerprint density at radius 3 is 2.17 bits per heavy atom. The van der Waals surface area contributed by atoms with Crippen LogP contribution >= 0.6 is 35.0 Å². The summed E-state index contributed by atoms with van der Waals surface area (Å²) >= 11 is 13.3. The van der Waals surface area contributed by atoms with Crippen LogP contribution in [0.25, 0.3) is 0 Å². The molecular weight excluding hydrogens is 430 g/mol. The first kappa shape index (κ1) is 21.0. The molecule has 0 spiro atoms. The van der Waals surface area contributed by atoms with Crippen LogP contribution in [0.5, 0.6) is 11.5 Å². The van der Waals surface area contributed by atoms with E-state index in [9.17, 15) is 14.9 Å². The minimum Gasteiger partial charge on any atom is -0.455 e. The molecule has 0 saturated carbocycles. The van der Waals surface area contributed by atoms with E-state index in [0.717, 1.165) is 22.9 Å². The Hall–Kier alpha value is -2.70. The Balaban J connectivity index is 2.16. The van der Waals surface area contributed by atoms with E-state index in [4.69, 9.17) is 27.9 Å². The molecule has 0 bridgehead atoms. The minimum absolute atomic E-state index is 0.100. The van der Waals surface area contributed by atoms with Gasteiger partial charge in [0, 0.05) is 4.90 Å². The molecule has 0 aliphatic heterocycles. The van der Waals surface area contributed by atoms with E-state index in [1.54, 1.807) is 24.3 Å². The molecule has 0 radical (unpaired) electrons. The topological polar surface area (TPSA) is 56.8 Å². The molecule has 0 aliphatic rings. The van der Waals surface area contributed by atoms with Gasteiger partial charge in [-0.2, -0.15) is 10.5 Å². The van der Waals surface area contributed by atoms with Crippen molar-refractivity contribution in [3.63, 3.8) is 0 Å². The summed E-state index contributed by atoms with van der Waals surface area (Å²) in [5, 5.41) is 19.6. The maximum absolute atomic E-state index is 15.0. The van der Waals surface area contributed by atoms with Crippen LogP contribution in [0.1, 0.15) is 22.3 Å². The summed E-state index contributed by atoms with van der Waals surface area (Å²) in [6.07, 6.45) is 0. The number of hydrogen-bond donors (Lipinski definition) is 0. The molecule has 29 heavy (non-hydrogen) atoms. The fourth-order valence-electron chi connectivity index (χ4n) is 2.73. The van der Waals surface area contributed by atoms with Crippen LogP contribution in [0.2, 0.25) is 10.0 Å². The maximum Gasteiger partial charge on any atom is 0.156 e. The summed E-state index contributed by atoms with van der Waals surface area (Å²) in [5.74, 6) is -0.154. The Kier molecular flexibility index (Phi) is 6.35. The highest BCUT2D eigenvalue weighted by atomic mass is 35.5. The van der Waals surface area contributed by atoms with E-state index >= 15 is 0 Å². The third kappa shape index (κ3) is 4.18. The first-order chi connectivity index (χ1) is 13.9. The van der Waals surface area contributed by atoms with Crippen molar-refractivity contribution in [2.75, 3.05) is 0 Å². The molecule has 0 atom stereocenters. The fourth-order valence-corrected chi connectivity index (χ4v) is 4.15. The van der Waals surface area contributed by atoms with Gasteiger partial charge >= 0.3 is 0 Å². The lowest BCUT2D eigenvalue weighted by Gasteiger charge is -2.15. The van der Waals surface area contributed by atoms with Crippen molar-refractivity contribution in [2.45, 2.75) is 23.6 Å². The predicted octanol–water partition coefficient (Wildman–Crippen LogP) is 7.44. The maximum atomic E-state index is 15.0. The van der Waals surface area contributed by atoms with Crippen molar-refractivity contribution >= 4 is 35.0 Å². The highest BCUT2D eigenvalue weighted by Gasteiger charge is 2.22. The van der Waals surface area contributed by atoms with E-state index in [-0.39, 0.29) is 26.8 Å². The molecule has 3 aromatic rings. The monoisotopic (exact) mass is 442 g/mol. The number of halogens is 3. The van der Waals surface area contributed by atoms with Crippen molar-refractivity contribution in [1.82, 2.24) is 0 Å². The zero-order valence-corrected chi connectivity index (χ0v) is 17.7. The van der Waals surface area contributed by atoms with Gasteiger partial charge in [-0.25, -0.2) is 4.39 Å². The highest BCUT2D eigenvalue weighted by Crippen LogP contribution is 2.42. The average molecular weight is 443 g/mol. The molecular formula is C22H13Cl2FN2OS. The van der Waals surface area contributed by atoms with Gasteiger partial charge in [-0.1, -0.05) is 59.2 Å².